The number of nitrogens with zero attached hydrogens (tertiary/aromatic N) is 2. The van der Waals surface area contributed by atoms with Gasteiger partial charge in [-0.3, -0.25) is 14.5 Å². The maximum atomic E-state index is 13.2. The van der Waals surface area contributed by atoms with E-state index in [1.54, 1.807) is 18.3 Å². The molecule has 3 aliphatic heterocycles. The second-order valence-corrected chi connectivity index (χ2v) is 11.2. The number of imidazole rings is 1. The molecule has 1 unspecified atom stereocenters. The summed E-state index contributed by atoms with van der Waals surface area (Å²) in [6, 6.07) is 9.22. The number of nitrogens with one attached hydrogen (secondary N) is 4. The van der Waals surface area contributed by atoms with E-state index < -0.39 is 11.6 Å². The predicted molar refractivity (Wildman–Crippen MR) is 157 cm³/mol. The van der Waals surface area contributed by atoms with Gasteiger partial charge in [-0.2, -0.15) is 0 Å². The number of piperidine rings is 1. The fourth-order valence-electron chi connectivity index (χ4n) is 5.65. The number of carbonyl (C=O) groups is 2. The van der Waals surface area contributed by atoms with E-state index in [1.807, 2.05) is 38.1 Å². The molecule has 4 heterocycles. The van der Waals surface area contributed by atoms with Crippen molar-refractivity contribution in [2.45, 2.75) is 44.3 Å². The number of benzene rings is 2. The van der Waals surface area contributed by atoms with Crippen molar-refractivity contribution in [1.29, 1.82) is 0 Å². The van der Waals surface area contributed by atoms with Crippen LogP contribution >= 0.6 is 11.6 Å². The summed E-state index contributed by atoms with van der Waals surface area (Å²) in [5, 5.41) is 20.2. The first-order valence-corrected chi connectivity index (χ1v) is 14.3. The Morgan fingerprint density at radius 2 is 1.90 bits per heavy atom. The van der Waals surface area contributed by atoms with Gasteiger partial charge >= 0.3 is 0 Å². The molecule has 0 radical (unpaired) electrons. The van der Waals surface area contributed by atoms with Gasteiger partial charge in [-0.25, -0.2) is 4.98 Å². The van der Waals surface area contributed by atoms with Gasteiger partial charge in [-0.1, -0.05) is 29.3 Å². The number of aromatic nitrogens is 2. The zero-order chi connectivity index (χ0) is 28.7. The SMILES string of the molecule is Cc1ccc(OC[C@H](O)CNC2=C(c3nc4cc5c(cc4[nH]3)C(=O)N(C3CCNCC3)C5=O)C(Cl)NC=C2)c(C)c1. The van der Waals surface area contributed by atoms with Crippen molar-refractivity contribution in [3.8, 4) is 5.75 Å². The third-order valence-electron chi connectivity index (χ3n) is 7.77. The highest BCUT2D eigenvalue weighted by molar-refractivity contribution is 6.26. The molecule has 0 aliphatic carbocycles. The summed E-state index contributed by atoms with van der Waals surface area (Å²) in [5.41, 5.74) is 4.88. The second kappa shape index (κ2) is 11.2. The normalized spacial score (nSPS) is 20.0. The molecule has 0 spiro atoms. The van der Waals surface area contributed by atoms with Crippen molar-refractivity contribution < 1.29 is 19.4 Å². The molecule has 214 valence electrons. The van der Waals surface area contributed by atoms with Crippen LogP contribution in [0, 0.1) is 13.8 Å². The zero-order valence-electron chi connectivity index (χ0n) is 23.0. The van der Waals surface area contributed by atoms with Crippen LogP contribution in [0.2, 0.25) is 0 Å². The quantitative estimate of drug-likeness (QED) is 0.157. The number of aromatic amines is 1. The fourth-order valence-corrected chi connectivity index (χ4v) is 5.94. The fraction of sp³-hybridized carbons (Fsp3) is 0.367. The number of rotatable bonds is 8. The molecule has 3 aromatic rings. The summed E-state index contributed by atoms with van der Waals surface area (Å²) in [7, 11) is 0. The number of aliphatic hydroxyl groups excluding tert-OH is 1. The molecule has 2 aromatic carbocycles. The minimum absolute atomic E-state index is 0.0944. The average Bonchev–Trinajstić information content (AvgIpc) is 3.48. The van der Waals surface area contributed by atoms with Gasteiger partial charge in [-0.15, -0.1) is 0 Å². The number of carbonyl (C=O) groups excluding carboxylic acids is 2. The number of fused-ring (bicyclic) bond motifs is 2. The number of dihydropyridines is 1. The summed E-state index contributed by atoms with van der Waals surface area (Å²) in [4.78, 5) is 35.9. The van der Waals surface area contributed by atoms with Gasteiger partial charge < -0.3 is 30.8 Å². The van der Waals surface area contributed by atoms with Crippen molar-refractivity contribution in [2.75, 3.05) is 26.2 Å². The van der Waals surface area contributed by atoms with Crippen molar-refractivity contribution in [3.63, 3.8) is 0 Å². The largest absolute Gasteiger partial charge is 0.491 e. The highest BCUT2D eigenvalue weighted by atomic mass is 35.5. The number of aliphatic hydroxyl groups is 1. The van der Waals surface area contributed by atoms with Crippen LogP contribution in [0.5, 0.6) is 5.75 Å². The molecule has 5 N–H and O–H groups in total. The number of ether oxygens (including phenoxy) is 1. The van der Waals surface area contributed by atoms with E-state index in [2.05, 4.69) is 20.9 Å². The molecule has 1 aromatic heterocycles. The van der Waals surface area contributed by atoms with Crippen molar-refractivity contribution in [1.82, 2.24) is 30.8 Å². The minimum Gasteiger partial charge on any atom is -0.491 e. The summed E-state index contributed by atoms with van der Waals surface area (Å²) in [6.45, 7) is 5.92. The van der Waals surface area contributed by atoms with E-state index in [0.29, 0.717) is 39.3 Å². The summed E-state index contributed by atoms with van der Waals surface area (Å²) in [5.74, 6) is 0.715. The number of H-pyrrole nitrogens is 1. The molecular formula is C30H33ClN6O4. The Morgan fingerprint density at radius 1 is 1.15 bits per heavy atom. The summed E-state index contributed by atoms with van der Waals surface area (Å²) < 4.78 is 5.83. The van der Waals surface area contributed by atoms with Crippen LogP contribution in [-0.2, 0) is 0 Å². The summed E-state index contributed by atoms with van der Waals surface area (Å²) in [6.07, 6.45) is 4.27. The lowest BCUT2D eigenvalue weighted by atomic mass is 10.1. The molecule has 2 atom stereocenters. The number of halogens is 1. The van der Waals surface area contributed by atoms with Crippen LogP contribution in [0.25, 0.3) is 16.6 Å². The minimum atomic E-state index is -0.778. The predicted octanol–water partition coefficient (Wildman–Crippen LogP) is 2.95. The third kappa shape index (κ3) is 5.30. The Hall–Kier alpha value is -3.86. The van der Waals surface area contributed by atoms with Crippen LogP contribution in [-0.4, -0.2) is 75.7 Å². The van der Waals surface area contributed by atoms with Gasteiger partial charge in [0, 0.05) is 18.3 Å². The van der Waals surface area contributed by atoms with E-state index in [4.69, 9.17) is 21.3 Å². The van der Waals surface area contributed by atoms with Gasteiger partial charge in [0.25, 0.3) is 11.8 Å². The van der Waals surface area contributed by atoms with Gasteiger partial charge in [0.2, 0.25) is 0 Å². The Balaban J connectivity index is 1.20. The molecule has 10 nitrogen and oxygen atoms in total. The van der Waals surface area contributed by atoms with Crippen LogP contribution in [0.4, 0.5) is 0 Å². The molecule has 0 saturated carbocycles. The first-order chi connectivity index (χ1) is 19.8. The molecule has 11 heteroatoms. The Morgan fingerprint density at radius 3 is 2.66 bits per heavy atom. The van der Waals surface area contributed by atoms with Crippen molar-refractivity contribution >= 4 is 40.0 Å². The number of alkyl halides is 1. The van der Waals surface area contributed by atoms with E-state index in [1.165, 1.54) is 4.90 Å². The molecule has 6 rings (SSSR count). The topological polar surface area (TPSA) is 132 Å². The maximum absolute atomic E-state index is 13.2. The molecule has 0 bridgehead atoms. The lowest BCUT2D eigenvalue weighted by molar-refractivity contribution is 0.0555. The van der Waals surface area contributed by atoms with Crippen LogP contribution in [0.1, 0.15) is 50.5 Å². The molecule has 1 saturated heterocycles. The van der Waals surface area contributed by atoms with Crippen LogP contribution in [0.3, 0.4) is 0 Å². The lowest BCUT2D eigenvalue weighted by Gasteiger charge is -2.29. The molecule has 1 fully saturated rings. The maximum Gasteiger partial charge on any atom is 0.261 e. The number of hydrogen-bond acceptors (Lipinski definition) is 8. The summed E-state index contributed by atoms with van der Waals surface area (Å²) >= 11 is 6.65. The van der Waals surface area contributed by atoms with Gasteiger partial charge in [0.1, 0.15) is 29.8 Å². The number of allylic oxidation sites excluding steroid dienone is 1. The zero-order valence-corrected chi connectivity index (χ0v) is 23.7. The first-order valence-electron chi connectivity index (χ1n) is 13.9. The standard InChI is InChI=1S/C30H33ClN6O4/c1-16-3-4-25(17(2)11-16)41-15-19(38)14-34-22-7-10-33-27(31)26(22)28-35-23-12-20-21(13-24(23)36-28)30(40)37(29(20)39)18-5-8-32-9-6-18/h3-4,7,10-13,18-19,27,32-34,38H,5-6,8-9,14-15H2,1-2H3,(H,35,36)/t19-,27?/m1/s1. The van der Waals surface area contributed by atoms with Crippen LogP contribution < -0.4 is 20.7 Å². The number of amides is 2. The molecule has 3 aliphatic rings. The highest BCUT2D eigenvalue weighted by Crippen LogP contribution is 2.33. The van der Waals surface area contributed by atoms with E-state index >= 15 is 0 Å². The Labute approximate surface area is 242 Å². The average molecular weight is 577 g/mol. The lowest BCUT2D eigenvalue weighted by Crippen LogP contribution is -2.45. The number of hydrogen-bond donors (Lipinski definition) is 5. The van der Waals surface area contributed by atoms with Gasteiger partial charge in [0.15, 0.2) is 0 Å². The van der Waals surface area contributed by atoms with Crippen LogP contribution in [0.15, 0.2) is 48.3 Å². The number of aryl methyl sites for hydroxylation is 2. The second-order valence-electron chi connectivity index (χ2n) is 10.8. The molecule has 2 amide bonds. The van der Waals surface area contributed by atoms with E-state index in [9.17, 15) is 14.7 Å². The molecular weight excluding hydrogens is 544 g/mol. The Bertz CT molecular complexity index is 1520. The molecule has 41 heavy (non-hydrogen) atoms. The highest BCUT2D eigenvalue weighted by Gasteiger charge is 2.41. The van der Waals surface area contributed by atoms with Crippen molar-refractivity contribution in [2.24, 2.45) is 0 Å². The Kier molecular flexibility index (Phi) is 7.46. The monoisotopic (exact) mass is 576 g/mol. The van der Waals surface area contributed by atoms with Gasteiger partial charge in [0.05, 0.1) is 27.7 Å². The third-order valence-corrected chi connectivity index (χ3v) is 8.12. The number of imide groups is 1. The van der Waals surface area contributed by atoms with E-state index in [-0.39, 0.29) is 31.0 Å². The van der Waals surface area contributed by atoms with Gasteiger partial charge in [-0.05, 0) is 75.8 Å². The van der Waals surface area contributed by atoms with Crippen molar-refractivity contribution in [3.05, 3.63) is 76.4 Å². The van der Waals surface area contributed by atoms with E-state index in [0.717, 1.165) is 42.8 Å². The first kappa shape index (κ1) is 27.3. The smallest absolute Gasteiger partial charge is 0.261 e.